The Bertz CT molecular complexity index is 410. The molecule has 2 atom stereocenters. The summed E-state index contributed by atoms with van der Waals surface area (Å²) in [6.45, 7) is 4.87. The lowest BCUT2D eigenvalue weighted by Crippen LogP contribution is -2.41. The molecule has 0 N–H and O–H groups in total. The lowest BCUT2D eigenvalue weighted by molar-refractivity contribution is -0.117. The average molecular weight is 229 g/mol. The van der Waals surface area contributed by atoms with Crippen LogP contribution in [0.4, 0.5) is 0 Å². The third-order valence-electron chi connectivity index (χ3n) is 3.47. The van der Waals surface area contributed by atoms with E-state index in [2.05, 4.69) is 30.9 Å². The quantitative estimate of drug-likeness (QED) is 0.794. The number of rotatable bonds is 3. The molecule has 1 aromatic carbocycles. The van der Waals surface area contributed by atoms with Crippen LogP contribution in [0.15, 0.2) is 42.5 Å². The van der Waals surface area contributed by atoms with Crippen LogP contribution in [0.3, 0.4) is 0 Å². The highest BCUT2D eigenvalue weighted by atomic mass is 16.1. The van der Waals surface area contributed by atoms with E-state index in [-0.39, 0.29) is 11.8 Å². The molecular weight excluding hydrogens is 210 g/mol. The number of hydrogen-bond donors (Lipinski definition) is 0. The first-order valence-electron chi connectivity index (χ1n) is 6.24. The SMILES string of the molecule is CCC1C=CC(=O)CN1C(C)c1ccccc1. The van der Waals surface area contributed by atoms with Crippen molar-refractivity contribution in [3.05, 3.63) is 48.0 Å². The van der Waals surface area contributed by atoms with Crippen LogP contribution in [0, 0.1) is 0 Å². The second-order valence-electron chi connectivity index (χ2n) is 4.56. The number of ketones is 1. The van der Waals surface area contributed by atoms with Gasteiger partial charge in [-0.1, -0.05) is 43.3 Å². The van der Waals surface area contributed by atoms with E-state index in [1.165, 1.54) is 5.56 Å². The molecule has 0 aliphatic carbocycles. The Balaban J connectivity index is 2.21. The highest BCUT2D eigenvalue weighted by Crippen LogP contribution is 2.25. The molecule has 0 radical (unpaired) electrons. The van der Waals surface area contributed by atoms with Gasteiger partial charge in [0.15, 0.2) is 5.78 Å². The number of nitrogens with zero attached hydrogens (tertiary/aromatic N) is 1. The summed E-state index contributed by atoms with van der Waals surface area (Å²) in [4.78, 5) is 13.8. The van der Waals surface area contributed by atoms with Gasteiger partial charge in [-0.15, -0.1) is 0 Å². The van der Waals surface area contributed by atoms with Gasteiger partial charge < -0.3 is 0 Å². The number of carbonyl (C=O) groups excluding carboxylic acids is 1. The molecule has 0 saturated heterocycles. The van der Waals surface area contributed by atoms with Crippen LogP contribution in [0.5, 0.6) is 0 Å². The van der Waals surface area contributed by atoms with Crippen LogP contribution in [0.1, 0.15) is 31.9 Å². The predicted molar refractivity (Wildman–Crippen MR) is 69.8 cm³/mol. The lowest BCUT2D eigenvalue weighted by Gasteiger charge is -2.36. The Labute approximate surface area is 103 Å². The van der Waals surface area contributed by atoms with Crippen molar-refractivity contribution in [1.29, 1.82) is 0 Å². The molecule has 1 heterocycles. The van der Waals surface area contributed by atoms with Crippen molar-refractivity contribution in [2.45, 2.75) is 32.4 Å². The van der Waals surface area contributed by atoms with Crippen LogP contribution in [0.25, 0.3) is 0 Å². The molecule has 1 aromatic rings. The average Bonchev–Trinajstić information content (AvgIpc) is 2.39. The number of hydrogen-bond acceptors (Lipinski definition) is 2. The van der Waals surface area contributed by atoms with Gasteiger partial charge in [-0.2, -0.15) is 0 Å². The number of benzene rings is 1. The van der Waals surface area contributed by atoms with Gasteiger partial charge in [0.05, 0.1) is 6.54 Å². The summed E-state index contributed by atoms with van der Waals surface area (Å²) in [7, 11) is 0. The summed E-state index contributed by atoms with van der Waals surface area (Å²) >= 11 is 0. The molecule has 2 nitrogen and oxygen atoms in total. The van der Waals surface area contributed by atoms with E-state index in [1.54, 1.807) is 6.08 Å². The second-order valence-corrected chi connectivity index (χ2v) is 4.56. The van der Waals surface area contributed by atoms with Crippen molar-refractivity contribution >= 4 is 5.78 Å². The molecule has 2 heteroatoms. The monoisotopic (exact) mass is 229 g/mol. The maximum absolute atomic E-state index is 11.5. The zero-order valence-corrected chi connectivity index (χ0v) is 10.5. The minimum Gasteiger partial charge on any atom is -0.293 e. The molecule has 90 valence electrons. The molecule has 17 heavy (non-hydrogen) atoms. The fraction of sp³-hybridized carbons (Fsp3) is 0.400. The lowest BCUT2D eigenvalue weighted by atomic mass is 10.00. The Morgan fingerprint density at radius 2 is 2.06 bits per heavy atom. The second kappa shape index (κ2) is 5.28. The highest BCUT2D eigenvalue weighted by Gasteiger charge is 2.26. The minimum absolute atomic E-state index is 0.206. The molecule has 0 saturated carbocycles. The van der Waals surface area contributed by atoms with Gasteiger partial charge in [-0.25, -0.2) is 0 Å². The van der Waals surface area contributed by atoms with Gasteiger partial charge in [0.25, 0.3) is 0 Å². The highest BCUT2D eigenvalue weighted by molar-refractivity contribution is 5.92. The minimum atomic E-state index is 0.206. The van der Waals surface area contributed by atoms with Crippen LogP contribution < -0.4 is 0 Å². The summed E-state index contributed by atoms with van der Waals surface area (Å²) in [5.41, 5.74) is 1.27. The molecular formula is C15H19NO. The fourth-order valence-corrected chi connectivity index (χ4v) is 2.40. The largest absolute Gasteiger partial charge is 0.293 e. The summed E-state index contributed by atoms with van der Waals surface area (Å²) in [6, 6.07) is 11.0. The van der Waals surface area contributed by atoms with Gasteiger partial charge >= 0.3 is 0 Å². The summed E-state index contributed by atoms with van der Waals surface area (Å²) in [5.74, 6) is 0.206. The predicted octanol–water partition coefficient (Wildman–Crippen LogP) is 2.97. The van der Waals surface area contributed by atoms with Crippen molar-refractivity contribution in [2.24, 2.45) is 0 Å². The van der Waals surface area contributed by atoms with Crippen molar-refractivity contribution in [1.82, 2.24) is 4.90 Å². The zero-order valence-electron chi connectivity index (χ0n) is 10.5. The van der Waals surface area contributed by atoms with Crippen LogP contribution in [-0.2, 0) is 4.79 Å². The van der Waals surface area contributed by atoms with Gasteiger partial charge in [0, 0.05) is 12.1 Å². The number of carbonyl (C=O) groups is 1. The standard InChI is InChI=1S/C15H19NO/c1-3-14-9-10-15(17)11-16(14)12(2)13-7-5-4-6-8-13/h4-10,12,14H,3,11H2,1-2H3. The molecule has 0 fully saturated rings. The smallest absolute Gasteiger partial charge is 0.169 e. The molecule has 0 bridgehead atoms. The molecule has 0 aromatic heterocycles. The van der Waals surface area contributed by atoms with E-state index in [1.807, 2.05) is 24.3 Å². The first kappa shape index (κ1) is 12.1. The molecule has 0 spiro atoms. The first-order chi connectivity index (χ1) is 8.22. The Kier molecular flexibility index (Phi) is 3.75. The topological polar surface area (TPSA) is 20.3 Å². The first-order valence-corrected chi connectivity index (χ1v) is 6.24. The van der Waals surface area contributed by atoms with Gasteiger partial charge in [0.1, 0.15) is 0 Å². The molecule has 2 unspecified atom stereocenters. The third-order valence-corrected chi connectivity index (χ3v) is 3.47. The van der Waals surface area contributed by atoms with Crippen LogP contribution in [0.2, 0.25) is 0 Å². The van der Waals surface area contributed by atoms with Gasteiger partial charge in [0.2, 0.25) is 0 Å². The molecule has 0 amide bonds. The van der Waals surface area contributed by atoms with E-state index < -0.39 is 0 Å². The maximum atomic E-state index is 11.5. The van der Waals surface area contributed by atoms with Crippen molar-refractivity contribution in [3.63, 3.8) is 0 Å². The van der Waals surface area contributed by atoms with E-state index in [9.17, 15) is 4.79 Å². The Morgan fingerprint density at radius 3 is 2.71 bits per heavy atom. The molecule has 1 aliphatic heterocycles. The molecule has 2 rings (SSSR count). The van der Waals surface area contributed by atoms with Crippen molar-refractivity contribution < 1.29 is 4.79 Å². The third kappa shape index (κ3) is 2.64. The van der Waals surface area contributed by atoms with Crippen LogP contribution >= 0.6 is 0 Å². The summed E-state index contributed by atoms with van der Waals surface area (Å²) < 4.78 is 0. The van der Waals surface area contributed by atoms with Gasteiger partial charge in [-0.05, 0) is 25.0 Å². The normalized spacial score (nSPS) is 22.7. The van der Waals surface area contributed by atoms with Crippen LogP contribution in [-0.4, -0.2) is 23.3 Å². The fourth-order valence-electron chi connectivity index (χ4n) is 2.40. The van der Waals surface area contributed by atoms with Crippen molar-refractivity contribution in [2.75, 3.05) is 6.54 Å². The Hall–Kier alpha value is -1.41. The van der Waals surface area contributed by atoms with E-state index in [0.29, 0.717) is 12.6 Å². The van der Waals surface area contributed by atoms with E-state index in [0.717, 1.165) is 6.42 Å². The summed E-state index contributed by atoms with van der Waals surface area (Å²) in [6.07, 6.45) is 4.80. The van der Waals surface area contributed by atoms with E-state index >= 15 is 0 Å². The van der Waals surface area contributed by atoms with Crippen molar-refractivity contribution in [3.8, 4) is 0 Å². The van der Waals surface area contributed by atoms with E-state index in [4.69, 9.17) is 0 Å². The van der Waals surface area contributed by atoms with Gasteiger partial charge in [-0.3, -0.25) is 9.69 Å². The molecule has 1 aliphatic rings. The maximum Gasteiger partial charge on any atom is 0.169 e. The zero-order chi connectivity index (χ0) is 12.3. The Morgan fingerprint density at radius 1 is 1.35 bits per heavy atom. The summed E-state index contributed by atoms with van der Waals surface area (Å²) in [5, 5.41) is 0.